The lowest BCUT2D eigenvalue weighted by Gasteiger charge is -2.19. The normalized spacial score (nSPS) is 14.6. The zero-order chi connectivity index (χ0) is 20.6. The number of allylic oxidation sites excluding steroid dienone is 2. The van der Waals surface area contributed by atoms with E-state index in [1.807, 2.05) is 0 Å². The molecule has 2 heterocycles. The zero-order valence-electron chi connectivity index (χ0n) is 16.3. The minimum Gasteiger partial charge on any atom is -0.497 e. The van der Waals surface area contributed by atoms with Gasteiger partial charge in [0, 0.05) is 7.05 Å². The molecule has 0 unspecified atom stereocenters. The number of sulfonamides is 1. The summed E-state index contributed by atoms with van der Waals surface area (Å²) in [6, 6.07) is 6.76. The third-order valence-electron chi connectivity index (χ3n) is 5.22. The lowest BCUT2D eigenvalue weighted by molar-refractivity contribution is 0.415. The van der Waals surface area contributed by atoms with Gasteiger partial charge in [0.15, 0.2) is 4.90 Å². The van der Waals surface area contributed by atoms with Crippen molar-refractivity contribution in [3.05, 3.63) is 42.4 Å². The Bertz CT molecular complexity index is 1180. The molecule has 8 nitrogen and oxygen atoms in total. The molecule has 0 atom stereocenters. The summed E-state index contributed by atoms with van der Waals surface area (Å²) in [6.07, 6.45) is 7.67. The molecule has 9 heteroatoms. The van der Waals surface area contributed by atoms with Crippen LogP contribution in [0.4, 0.5) is 11.5 Å². The Morgan fingerprint density at radius 2 is 1.93 bits per heavy atom. The molecule has 3 N–H and O–H groups in total. The number of aromatic nitrogens is 3. The van der Waals surface area contributed by atoms with Crippen molar-refractivity contribution in [1.29, 1.82) is 0 Å². The summed E-state index contributed by atoms with van der Waals surface area (Å²) in [6.45, 7) is 0. The Morgan fingerprint density at radius 1 is 1.17 bits per heavy atom. The second kappa shape index (κ2) is 7.40. The Kier molecular flexibility index (Phi) is 4.91. The van der Waals surface area contributed by atoms with E-state index in [1.54, 1.807) is 31.4 Å². The molecule has 1 aliphatic carbocycles. The molecule has 0 radical (unpaired) electrons. The van der Waals surface area contributed by atoms with Gasteiger partial charge in [-0.2, -0.15) is 0 Å². The van der Waals surface area contributed by atoms with Crippen LogP contribution in [-0.4, -0.2) is 37.5 Å². The topological polar surface area (TPSA) is 114 Å². The lowest BCUT2D eigenvalue weighted by Crippen LogP contribution is -2.27. The van der Waals surface area contributed by atoms with Crippen LogP contribution in [0.5, 0.6) is 5.75 Å². The van der Waals surface area contributed by atoms with Crippen LogP contribution < -0.4 is 14.8 Å². The van der Waals surface area contributed by atoms with Crippen molar-refractivity contribution in [3.63, 3.8) is 0 Å². The molecule has 29 heavy (non-hydrogen) atoms. The molecule has 0 saturated heterocycles. The maximum absolute atomic E-state index is 13.4. The first-order valence-electron chi connectivity index (χ1n) is 9.38. The van der Waals surface area contributed by atoms with Crippen LogP contribution in [0.3, 0.4) is 0 Å². The molecule has 0 amide bonds. The summed E-state index contributed by atoms with van der Waals surface area (Å²) in [4.78, 5) is 11.6. The SMILES string of the molecule is COc1ccc(N(C)S(=O)(=O)c2c(N)[nH]c3c(C4=CCCCC4)ncnc23)cc1. The number of hydrogen-bond acceptors (Lipinski definition) is 6. The van der Waals surface area contributed by atoms with Crippen LogP contribution in [0.1, 0.15) is 31.4 Å². The average molecular weight is 414 g/mol. The largest absolute Gasteiger partial charge is 0.497 e. The number of anilines is 2. The van der Waals surface area contributed by atoms with E-state index in [0.29, 0.717) is 22.5 Å². The summed E-state index contributed by atoms with van der Waals surface area (Å²) in [5, 5.41) is 0. The van der Waals surface area contributed by atoms with Crippen LogP contribution in [0.15, 0.2) is 41.6 Å². The van der Waals surface area contributed by atoms with Crippen molar-refractivity contribution in [1.82, 2.24) is 15.0 Å². The lowest BCUT2D eigenvalue weighted by atomic mass is 9.96. The third-order valence-corrected chi connectivity index (χ3v) is 7.08. The van der Waals surface area contributed by atoms with Gasteiger partial charge in [-0.1, -0.05) is 6.08 Å². The van der Waals surface area contributed by atoms with Gasteiger partial charge >= 0.3 is 0 Å². The van der Waals surface area contributed by atoms with Crippen LogP contribution >= 0.6 is 0 Å². The van der Waals surface area contributed by atoms with Gasteiger partial charge in [-0.05, 0) is 55.5 Å². The van der Waals surface area contributed by atoms with E-state index in [1.165, 1.54) is 17.7 Å². The van der Waals surface area contributed by atoms with E-state index < -0.39 is 10.0 Å². The quantitative estimate of drug-likeness (QED) is 0.663. The average Bonchev–Trinajstić information content (AvgIpc) is 3.10. The second-order valence-corrected chi connectivity index (χ2v) is 8.87. The number of rotatable bonds is 5. The number of ether oxygens (including phenoxy) is 1. The molecule has 152 valence electrons. The van der Waals surface area contributed by atoms with Gasteiger partial charge in [-0.15, -0.1) is 0 Å². The zero-order valence-corrected chi connectivity index (χ0v) is 17.2. The fourth-order valence-corrected chi connectivity index (χ4v) is 5.02. The highest BCUT2D eigenvalue weighted by atomic mass is 32.2. The number of methoxy groups -OCH3 is 1. The van der Waals surface area contributed by atoms with E-state index in [-0.39, 0.29) is 10.7 Å². The van der Waals surface area contributed by atoms with Gasteiger partial charge in [0.05, 0.1) is 24.0 Å². The summed E-state index contributed by atoms with van der Waals surface area (Å²) >= 11 is 0. The minimum atomic E-state index is -3.95. The van der Waals surface area contributed by atoms with E-state index in [9.17, 15) is 8.42 Å². The smallest absolute Gasteiger partial charge is 0.269 e. The monoisotopic (exact) mass is 413 g/mol. The van der Waals surface area contributed by atoms with Gasteiger partial charge in [-0.25, -0.2) is 18.4 Å². The number of nitrogens with two attached hydrogens (primary N) is 1. The maximum Gasteiger partial charge on any atom is 0.269 e. The predicted octanol–water partition coefficient (Wildman–Crippen LogP) is 3.33. The van der Waals surface area contributed by atoms with E-state index in [0.717, 1.165) is 37.0 Å². The summed E-state index contributed by atoms with van der Waals surface area (Å²) in [5.41, 5.74) is 9.29. The van der Waals surface area contributed by atoms with Crippen LogP contribution in [0.2, 0.25) is 0 Å². The highest BCUT2D eigenvalue weighted by molar-refractivity contribution is 7.93. The second-order valence-electron chi connectivity index (χ2n) is 6.96. The first kappa shape index (κ1) is 19.3. The van der Waals surface area contributed by atoms with Gasteiger partial charge < -0.3 is 15.5 Å². The minimum absolute atomic E-state index is 0.0362. The van der Waals surface area contributed by atoms with Crippen molar-refractivity contribution in [2.75, 3.05) is 24.2 Å². The number of aromatic amines is 1. The van der Waals surface area contributed by atoms with Crippen molar-refractivity contribution in [3.8, 4) is 5.75 Å². The van der Waals surface area contributed by atoms with Crippen LogP contribution in [0.25, 0.3) is 16.6 Å². The molecule has 2 aromatic heterocycles. The van der Waals surface area contributed by atoms with Crippen LogP contribution in [-0.2, 0) is 10.0 Å². The maximum atomic E-state index is 13.4. The fraction of sp³-hybridized carbons (Fsp3) is 0.300. The Labute approximate surface area is 169 Å². The number of hydrogen-bond donors (Lipinski definition) is 2. The van der Waals surface area contributed by atoms with Gasteiger partial charge in [0.1, 0.15) is 23.4 Å². The highest BCUT2D eigenvalue weighted by Gasteiger charge is 2.30. The molecule has 1 aliphatic rings. The number of nitrogens with one attached hydrogen (secondary N) is 1. The Balaban J connectivity index is 1.82. The summed E-state index contributed by atoms with van der Waals surface area (Å²) < 4.78 is 33.1. The standard InChI is InChI=1S/C20H23N5O3S/c1-25(14-8-10-15(28-2)11-9-14)29(26,27)19-18-17(24-20(19)21)16(22-12-23-18)13-6-4-3-5-7-13/h6,8-12,24H,3-5,7,21H2,1-2H3. The Morgan fingerprint density at radius 3 is 2.59 bits per heavy atom. The highest BCUT2D eigenvalue weighted by Crippen LogP contribution is 2.36. The molecule has 0 aliphatic heterocycles. The fourth-order valence-electron chi connectivity index (χ4n) is 3.62. The molecule has 0 fully saturated rings. The number of benzene rings is 1. The van der Waals surface area contributed by atoms with Crippen molar-refractivity contribution in [2.45, 2.75) is 30.6 Å². The summed E-state index contributed by atoms with van der Waals surface area (Å²) in [5.74, 6) is 0.697. The van der Waals surface area contributed by atoms with Crippen molar-refractivity contribution in [2.24, 2.45) is 0 Å². The molecule has 0 saturated carbocycles. The number of fused-ring (bicyclic) bond motifs is 1. The van der Waals surface area contributed by atoms with Crippen molar-refractivity contribution < 1.29 is 13.2 Å². The van der Waals surface area contributed by atoms with Gasteiger partial charge in [-0.3, -0.25) is 4.31 Å². The first-order valence-corrected chi connectivity index (χ1v) is 10.8. The van der Waals surface area contributed by atoms with Crippen LogP contribution in [0, 0.1) is 0 Å². The molecule has 4 rings (SSSR count). The molecular formula is C20H23N5O3S. The molecular weight excluding hydrogens is 390 g/mol. The Hall–Kier alpha value is -3.07. The molecule has 3 aromatic rings. The predicted molar refractivity (Wildman–Crippen MR) is 113 cm³/mol. The van der Waals surface area contributed by atoms with E-state index >= 15 is 0 Å². The molecule has 0 bridgehead atoms. The van der Waals surface area contributed by atoms with Gasteiger partial charge in [0.2, 0.25) is 0 Å². The number of nitrogens with zero attached hydrogens (tertiary/aromatic N) is 3. The van der Waals surface area contributed by atoms with E-state index in [4.69, 9.17) is 10.5 Å². The third kappa shape index (κ3) is 3.31. The van der Waals surface area contributed by atoms with Crippen molar-refractivity contribution >= 4 is 38.1 Å². The summed E-state index contributed by atoms with van der Waals surface area (Å²) in [7, 11) is -0.903. The van der Waals surface area contributed by atoms with E-state index in [2.05, 4.69) is 21.0 Å². The number of nitrogen functional groups attached to an aromatic ring is 1. The van der Waals surface area contributed by atoms with Gasteiger partial charge in [0.25, 0.3) is 10.0 Å². The molecule has 1 aromatic carbocycles. The number of H-pyrrole nitrogens is 1. The first-order chi connectivity index (χ1) is 13.9. The molecule has 0 spiro atoms.